The Labute approximate surface area is 98.3 Å². The number of hydrogen-bond donors (Lipinski definition) is 2. The molecule has 1 aromatic rings. The van der Waals surface area contributed by atoms with Crippen LogP contribution in [0.1, 0.15) is 0 Å². The summed E-state index contributed by atoms with van der Waals surface area (Å²) in [7, 11) is 0. The molecular formula is C7H8I2N2O. The average Bonchev–Trinajstić information content (AvgIpc) is 2.04. The molecule has 3 nitrogen and oxygen atoms in total. The molecule has 0 aliphatic carbocycles. The monoisotopic (exact) mass is 390 g/mol. The predicted octanol–water partition coefficient (Wildman–Crippen LogP) is 1.50. The van der Waals surface area contributed by atoms with Crippen LogP contribution in [0.15, 0.2) is 24.3 Å². The van der Waals surface area contributed by atoms with Gasteiger partial charge in [-0.05, 0) is 63.4 Å². The first-order valence-corrected chi connectivity index (χ1v) is 5.17. The molecule has 0 bridgehead atoms. The molecule has 66 valence electrons. The first kappa shape index (κ1) is 12.1. The highest BCUT2D eigenvalue weighted by Gasteiger charge is 1.83. The van der Waals surface area contributed by atoms with Crippen LogP contribution in [-0.4, -0.2) is 6.41 Å². The standard InChI is InChI=1S/C6H4I2.CH4N2O/c7-5-2-1-3-6(8)4-5;2-3-1-4/h1-4H;1H,2H2,(H,3,4). The topological polar surface area (TPSA) is 55.1 Å². The Balaban J connectivity index is 0.000000261. The van der Waals surface area contributed by atoms with Crippen molar-refractivity contribution in [2.45, 2.75) is 0 Å². The second-order valence-corrected chi connectivity index (χ2v) is 4.22. The van der Waals surface area contributed by atoms with E-state index in [-0.39, 0.29) is 0 Å². The second kappa shape index (κ2) is 7.74. The number of nitrogens with two attached hydrogens (primary N) is 1. The van der Waals surface area contributed by atoms with Gasteiger partial charge in [-0.25, -0.2) is 5.84 Å². The lowest BCUT2D eigenvalue weighted by molar-refractivity contribution is -0.109. The predicted molar refractivity (Wildman–Crippen MR) is 65.3 cm³/mol. The Hall–Kier alpha value is 0.110. The van der Waals surface area contributed by atoms with Crippen LogP contribution in [0.2, 0.25) is 0 Å². The minimum absolute atomic E-state index is 0.403. The Morgan fingerprint density at radius 1 is 1.33 bits per heavy atom. The van der Waals surface area contributed by atoms with E-state index in [4.69, 9.17) is 4.79 Å². The van der Waals surface area contributed by atoms with E-state index in [1.54, 1.807) is 5.43 Å². The van der Waals surface area contributed by atoms with Crippen LogP contribution < -0.4 is 11.3 Å². The summed E-state index contributed by atoms with van der Waals surface area (Å²) in [6, 6.07) is 8.37. The number of carbonyl (C=O) groups is 1. The zero-order chi connectivity index (χ0) is 9.40. The minimum atomic E-state index is 0.403. The summed E-state index contributed by atoms with van der Waals surface area (Å²) in [6.07, 6.45) is 0.403. The number of rotatable bonds is 1. The number of hydrazine groups is 1. The summed E-state index contributed by atoms with van der Waals surface area (Å²) < 4.78 is 2.60. The normalized spacial score (nSPS) is 7.92. The Morgan fingerprint density at radius 2 is 1.75 bits per heavy atom. The van der Waals surface area contributed by atoms with Gasteiger partial charge in [-0.1, -0.05) is 6.07 Å². The lowest BCUT2D eigenvalue weighted by Crippen LogP contribution is -2.18. The molecule has 0 spiro atoms. The van der Waals surface area contributed by atoms with Crippen molar-refractivity contribution < 1.29 is 4.79 Å². The fourth-order valence-electron chi connectivity index (χ4n) is 0.460. The maximum absolute atomic E-state index is 8.94. The smallest absolute Gasteiger partial charge is 0.221 e. The molecule has 3 N–H and O–H groups in total. The second-order valence-electron chi connectivity index (χ2n) is 1.72. The van der Waals surface area contributed by atoms with Crippen molar-refractivity contribution >= 4 is 51.6 Å². The lowest BCUT2D eigenvalue weighted by atomic mass is 10.4. The van der Waals surface area contributed by atoms with Crippen molar-refractivity contribution in [3.8, 4) is 0 Å². The van der Waals surface area contributed by atoms with Crippen LogP contribution >= 0.6 is 45.2 Å². The molecule has 0 aliphatic rings. The van der Waals surface area contributed by atoms with Crippen molar-refractivity contribution in [2.75, 3.05) is 0 Å². The van der Waals surface area contributed by atoms with E-state index in [1.807, 2.05) is 0 Å². The van der Waals surface area contributed by atoms with Crippen LogP contribution in [0.25, 0.3) is 0 Å². The third kappa shape index (κ3) is 6.80. The summed E-state index contributed by atoms with van der Waals surface area (Å²) in [6.45, 7) is 0. The fourth-order valence-corrected chi connectivity index (χ4v) is 2.14. The number of amides is 1. The fraction of sp³-hybridized carbons (Fsp3) is 0. The molecule has 12 heavy (non-hydrogen) atoms. The van der Waals surface area contributed by atoms with Crippen molar-refractivity contribution in [1.82, 2.24) is 5.43 Å². The highest BCUT2D eigenvalue weighted by molar-refractivity contribution is 14.1. The van der Waals surface area contributed by atoms with E-state index in [0.717, 1.165) is 0 Å². The molecule has 0 aliphatic heterocycles. The number of nitrogens with one attached hydrogen (secondary N) is 1. The highest BCUT2D eigenvalue weighted by atomic mass is 127. The van der Waals surface area contributed by atoms with Gasteiger partial charge in [0.2, 0.25) is 6.41 Å². The molecule has 0 saturated heterocycles. The van der Waals surface area contributed by atoms with E-state index in [9.17, 15) is 0 Å². The molecule has 0 heterocycles. The average molecular weight is 390 g/mol. The number of benzene rings is 1. The van der Waals surface area contributed by atoms with Crippen LogP contribution in [0.4, 0.5) is 0 Å². The van der Waals surface area contributed by atoms with Crippen LogP contribution in [0.3, 0.4) is 0 Å². The van der Waals surface area contributed by atoms with E-state index in [2.05, 4.69) is 75.3 Å². The van der Waals surface area contributed by atoms with Gasteiger partial charge < -0.3 is 0 Å². The summed E-state index contributed by atoms with van der Waals surface area (Å²) in [5.41, 5.74) is 1.75. The first-order valence-electron chi connectivity index (χ1n) is 3.01. The van der Waals surface area contributed by atoms with Gasteiger partial charge in [0.15, 0.2) is 0 Å². The van der Waals surface area contributed by atoms with E-state index >= 15 is 0 Å². The molecule has 0 radical (unpaired) electrons. The molecule has 1 rings (SSSR count). The van der Waals surface area contributed by atoms with Gasteiger partial charge in [-0.15, -0.1) is 0 Å². The van der Waals surface area contributed by atoms with Gasteiger partial charge in [0.05, 0.1) is 0 Å². The summed E-state index contributed by atoms with van der Waals surface area (Å²) in [5, 5.41) is 0. The van der Waals surface area contributed by atoms with Crippen LogP contribution in [0, 0.1) is 7.14 Å². The minimum Gasteiger partial charge on any atom is -0.297 e. The maximum atomic E-state index is 8.94. The summed E-state index contributed by atoms with van der Waals surface area (Å²) >= 11 is 4.60. The van der Waals surface area contributed by atoms with Gasteiger partial charge >= 0.3 is 0 Å². The van der Waals surface area contributed by atoms with Gasteiger partial charge in [-0.3, -0.25) is 10.2 Å². The molecule has 0 fully saturated rings. The molecule has 0 aromatic heterocycles. The molecule has 0 saturated carbocycles. The molecule has 1 amide bonds. The van der Waals surface area contributed by atoms with Crippen LogP contribution in [-0.2, 0) is 4.79 Å². The number of hydrogen-bond acceptors (Lipinski definition) is 2. The molecular weight excluding hydrogens is 382 g/mol. The summed E-state index contributed by atoms with van der Waals surface area (Å²) in [5.74, 6) is 4.41. The molecule has 1 aromatic carbocycles. The van der Waals surface area contributed by atoms with Gasteiger partial charge in [-0.2, -0.15) is 0 Å². The van der Waals surface area contributed by atoms with Crippen molar-refractivity contribution in [1.29, 1.82) is 0 Å². The quantitative estimate of drug-likeness (QED) is 0.251. The van der Waals surface area contributed by atoms with Crippen molar-refractivity contribution in [2.24, 2.45) is 5.84 Å². The number of carbonyl (C=O) groups excluding carboxylic acids is 1. The van der Waals surface area contributed by atoms with Gasteiger partial charge in [0.1, 0.15) is 0 Å². The molecule has 0 atom stereocenters. The van der Waals surface area contributed by atoms with E-state index in [0.29, 0.717) is 6.41 Å². The highest BCUT2D eigenvalue weighted by Crippen LogP contribution is 2.08. The largest absolute Gasteiger partial charge is 0.297 e. The Bertz CT molecular complexity index is 225. The zero-order valence-corrected chi connectivity index (χ0v) is 10.4. The zero-order valence-electron chi connectivity index (χ0n) is 6.13. The SMILES string of the molecule is Ic1cccc(I)c1.NNC=O. The maximum Gasteiger partial charge on any atom is 0.221 e. The third-order valence-corrected chi connectivity index (χ3v) is 2.20. The Kier molecular flexibility index (Phi) is 7.81. The van der Waals surface area contributed by atoms with Crippen molar-refractivity contribution in [3.05, 3.63) is 31.4 Å². The summed E-state index contributed by atoms with van der Waals surface area (Å²) in [4.78, 5) is 8.94. The van der Waals surface area contributed by atoms with Gasteiger partial charge in [0.25, 0.3) is 0 Å². The first-order chi connectivity index (χ1) is 5.70. The number of halogens is 2. The van der Waals surface area contributed by atoms with Crippen molar-refractivity contribution in [3.63, 3.8) is 0 Å². The van der Waals surface area contributed by atoms with Gasteiger partial charge in [0, 0.05) is 7.14 Å². The Morgan fingerprint density at radius 3 is 1.92 bits per heavy atom. The molecule has 5 heteroatoms. The van der Waals surface area contributed by atoms with E-state index < -0.39 is 0 Å². The van der Waals surface area contributed by atoms with Crippen LogP contribution in [0.5, 0.6) is 0 Å². The third-order valence-electron chi connectivity index (χ3n) is 0.855. The molecule has 0 unspecified atom stereocenters. The lowest BCUT2D eigenvalue weighted by Gasteiger charge is -1.87. The van der Waals surface area contributed by atoms with E-state index in [1.165, 1.54) is 7.14 Å².